The van der Waals surface area contributed by atoms with Crippen molar-refractivity contribution in [3.8, 4) is 11.4 Å². The second-order valence-electron chi connectivity index (χ2n) is 5.45. The van der Waals surface area contributed by atoms with Gasteiger partial charge in [0.15, 0.2) is 5.82 Å². The fourth-order valence-corrected chi connectivity index (χ4v) is 2.66. The number of aryl methyl sites for hydroxylation is 1. The fraction of sp³-hybridized carbons (Fsp3) is 0.467. The van der Waals surface area contributed by atoms with Crippen molar-refractivity contribution in [2.45, 2.75) is 38.5 Å². The first-order valence-electron chi connectivity index (χ1n) is 7.74. The Morgan fingerprint density at radius 2 is 2.35 bits per heavy atom. The predicted molar refractivity (Wildman–Crippen MR) is 84.5 cm³/mol. The maximum atomic E-state index is 12.3. The van der Waals surface area contributed by atoms with Gasteiger partial charge >= 0.3 is 0 Å². The van der Waals surface area contributed by atoms with Crippen molar-refractivity contribution in [2.24, 2.45) is 5.73 Å². The van der Waals surface area contributed by atoms with E-state index in [2.05, 4.69) is 20.8 Å². The van der Waals surface area contributed by atoms with E-state index in [1.54, 1.807) is 4.68 Å². The van der Waals surface area contributed by atoms with Crippen molar-refractivity contribution >= 4 is 11.6 Å². The summed E-state index contributed by atoms with van der Waals surface area (Å²) in [6.07, 6.45) is 1.06. The number of ether oxygens (including phenoxy) is 1. The maximum absolute atomic E-state index is 12.3. The number of nitrogens with two attached hydrogens (primary N) is 1. The van der Waals surface area contributed by atoms with E-state index in [1.165, 1.54) is 0 Å². The van der Waals surface area contributed by atoms with Crippen LogP contribution >= 0.6 is 0 Å². The number of nitrogens with one attached hydrogen (secondary N) is 1. The van der Waals surface area contributed by atoms with Gasteiger partial charge in [-0.2, -0.15) is 0 Å². The molecule has 2 atom stereocenters. The summed E-state index contributed by atoms with van der Waals surface area (Å²) in [6, 6.07) is 7.45. The predicted octanol–water partition coefficient (Wildman–Crippen LogP) is 0.805. The molecule has 1 aromatic carbocycles. The van der Waals surface area contributed by atoms with Crippen LogP contribution in [0.25, 0.3) is 11.4 Å². The second-order valence-corrected chi connectivity index (χ2v) is 5.45. The maximum Gasteiger partial charge on any atom is 0.253 e. The summed E-state index contributed by atoms with van der Waals surface area (Å²) >= 11 is 0. The van der Waals surface area contributed by atoms with E-state index in [9.17, 15) is 4.79 Å². The molecule has 0 spiro atoms. The Hall–Kier alpha value is -2.32. The van der Waals surface area contributed by atoms with Crippen molar-refractivity contribution in [3.63, 3.8) is 0 Å². The first kappa shape index (κ1) is 15.6. The zero-order chi connectivity index (χ0) is 16.2. The number of carbonyl (C=O) groups excluding carboxylic acids is 1. The van der Waals surface area contributed by atoms with Gasteiger partial charge in [-0.1, -0.05) is 12.1 Å². The van der Waals surface area contributed by atoms with Gasteiger partial charge in [0.05, 0.1) is 6.10 Å². The Kier molecular flexibility index (Phi) is 4.63. The van der Waals surface area contributed by atoms with E-state index in [1.807, 2.05) is 31.2 Å². The number of amides is 1. The monoisotopic (exact) mass is 316 g/mol. The molecule has 0 unspecified atom stereocenters. The highest BCUT2D eigenvalue weighted by Gasteiger charge is 2.29. The van der Waals surface area contributed by atoms with Crippen molar-refractivity contribution in [2.75, 3.05) is 11.9 Å². The van der Waals surface area contributed by atoms with Gasteiger partial charge < -0.3 is 15.8 Å². The largest absolute Gasteiger partial charge is 0.364 e. The van der Waals surface area contributed by atoms with Crippen LogP contribution in [0.4, 0.5) is 5.69 Å². The summed E-state index contributed by atoms with van der Waals surface area (Å²) in [4.78, 5) is 12.3. The van der Waals surface area contributed by atoms with Gasteiger partial charge in [-0.15, -0.1) is 5.10 Å². The van der Waals surface area contributed by atoms with Crippen LogP contribution in [0, 0.1) is 0 Å². The number of hydrogen-bond acceptors (Lipinski definition) is 6. The van der Waals surface area contributed by atoms with Gasteiger partial charge in [0.25, 0.3) is 5.91 Å². The number of benzene rings is 1. The molecule has 122 valence electrons. The molecule has 2 aromatic rings. The van der Waals surface area contributed by atoms with Gasteiger partial charge in [0.2, 0.25) is 0 Å². The minimum Gasteiger partial charge on any atom is -0.364 e. The van der Waals surface area contributed by atoms with Crippen LogP contribution in [0.15, 0.2) is 24.3 Å². The normalized spacial score (nSPS) is 20.6. The summed E-state index contributed by atoms with van der Waals surface area (Å²) in [5, 5.41) is 14.5. The molecule has 0 aliphatic carbocycles. The molecule has 0 saturated carbocycles. The lowest BCUT2D eigenvalue weighted by molar-refractivity contribution is -0.126. The molecule has 0 bridgehead atoms. The molecule has 8 heteroatoms. The number of nitrogens with zero attached hydrogens (tertiary/aromatic N) is 4. The molecule has 1 aliphatic rings. The van der Waals surface area contributed by atoms with Crippen LogP contribution < -0.4 is 11.1 Å². The third kappa shape index (κ3) is 3.38. The third-order valence-electron chi connectivity index (χ3n) is 3.88. The van der Waals surface area contributed by atoms with Crippen LogP contribution in [-0.4, -0.2) is 44.9 Å². The Labute approximate surface area is 134 Å². The quantitative estimate of drug-likeness (QED) is 0.845. The highest BCUT2D eigenvalue weighted by atomic mass is 16.5. The molecular weight excluding hydrogens is 296 g/mol. The number of rotatable bonds is 5. The molecule has 8 nitrogen and oxygen atoms in total. The summed E-state index contributed by atoms with van der Waals surface area (Å²) < 4.78 is 7.31. The molecule has 3 N–H and O–H groups in total. The zero-order valence-corrected chi connectivity index (χ0v) is 13.0. The molecule has 1 aromatic heterocycles. The summed E-state index contributed by atoms with van der Waals surface area (Å²) in [7, 11) is 0. The van der Waals surface area contributed by atoms with E-state index in [4.69, 9.17) is 10.5 Å². The Morgan fingerprint density at radius 3 is 3.09 bits per heavy atom. The van der Waals surface area contributed by atoms with E-state index >= 15 is 0 Å². The average molecular weight is 316 g/mol. The standard InChI is InChI=1S/C15H20N6O2/c1-2-21-14(18-19-20-21)10-4-3-5-11(8-10)17-15(22)13-7-6-12(9-16)23-13/h3-5,8,12-13H,2,6-7,9,16H2,1H3,(H,17,22)/t12-,13+/m1/s1. The number of anilines is 1. The average Bonchev–Trinajstić information content (AvgIpc) is 3.24. The van der Waals surface area contributed by atoms with Gasteiger partial charge in [-0.3, -0.25) is 4.79 Å². The molecule has 0 radical (unpaired) electrons. The van der Waals surface area contributed by atoms with Crippen LogP contribution in [0.1, 0.15) is 19.8 Å². The van der Waals surface area contributed by atoms with E-state index in [-0.39, 0.29) is 12.0 Å². The molecule has 1 saturated heterocycles. The lowest BCUT2D eigenvalue weighted by Crippen LogP contribution is -2.29. The molecule has 3 rings (SSSR count). The molecule has 2 heterocycles. The molecule has 1 fully saturated rings. The number of carbonyl (C=O) groups is 1. The van der Waals surface area contributed by atoms with Crippen LogP contribution in [0.5, 0.6) is 0 Å². The van der Waals surface area contributed by atoms with E-state index in [0.29, 0.717) is 31.0 Å². The number of tetrazole rings is 1. The van der Waals surface area contributed by atoms with Crippen molar-refractivity contribution in [1.82, 2.24) is 20.2 Å². The van der Waals surface area contributed by atoms with Gasteiger partial charge in [-0.05, 0) is 42.3 Å². The molecule has 23 heavy (non-hydrogen) atoms. The van der Waals surface area contributed by atoms with Crippen molar-refractivity contribution in [1.29, 1.82) is 0 Å². The number of aromatic nitrogens is 4. The second kappa shape index (κ2) is 6.84. The lowest BCUT2D eigenvalue weighted by Gasteiger charge is -2.13. The smallest absolute Gasteiger partial charge is 0.253 e. The molecular formula is C15H20N6O2. The fourth-order valence-electron chi connectivity index (χ4n) is 2.66. The van der Waals surface area contributed by atoms with Crippen molar-refractivity contribution in [3.05, 3.63) is 24.3 Å². The summed E-state index contributed by atoms with van der Waals surface area (Å²) in [5.41, 5.74) is 7.11. The highest BCUT2D eigenvalue weighted by Crippen LogP contribution is 2.23. The first-order valence-corrected chi connectivity index (χ1v) is 7.74. The minimum absolute atomic E-state index is 0.0220. The Bertz CT molecular complexity index is 686. The van der Waals surface area contributed by atoms with Gasteiger partial charge in [-0.25, -0.2) is 4.68 Å². The van der Waals surface area contributed by atoms with Gasteiger partial charge in [0.1, 0.15) is 6.10 Å². The molecule has 1 amide bonds. The molecule has 1 aliphatic heterocycles. The van der Waals surface area contributed by atoms with Crippen LogP contribution in [-0.2, 0) is 16.1 Å². The van der Waals surface area contributed by atoms with Crippen molar-refractivity contribution < 1.29 is 9.53 Å². The third-order valence-corrected chi connectivity index (χ3v) is 3.88. The summed E-state index contributed by atoms with van der Waals surface area (Å²) in [6.45, 7) is 3.09. The SMILES string of the molecule is CCn1nnnc1-c1cccc(NC(=O)[C@@H]2CC[C@H](CN)O2)c1. The van der Waals surface area contributed by atoms with Crippen LogP contribution in [0.3, 0.4) is 0 Å². The van der Waals surface area contributed by atoms with Gasteiger partial charge in [0, 0.05) is 24.3 Å². The minimum atomic E-state index is -0.437. The lowest BCUT2D eigenvalue weighted by atomic mass is 10.1. The van der Waals surface area contributed by atoms with E-state index in [0.717, 1.165) is 12.0 Å². The first-order chi connectivity index (χ1) is 11.2. The number of hydrogen-bond donors (Lipinski definition) is 2. The highest BCUT2D eigenvalue weighted by molar-refractivity contribution is 5.94. The Morgan fingerprint density at radius 1 is 1.48 bits per heavy atom. The summed E-state index contributed by atoms with van der Waals surface area (Å²) in [5.74, 6) is 0.525. The zero-order valence-electron chi connectivity index (χ0n) is 13.0. The Balaban J connectivity index is 1.72. The van der Waals surface area contributed by atoms with Crippen LogP contribution in [0.2, 0.25) is 0 Å². The topological polar surface area (TPSA) is 108 Å². The van der Waals surface area contributed by atoms with E-state index < -0.39 is 6.10 Å².